The Morgan fingerprint density at radius 1 is 1.14 bits per heavy atom. The Kier molecular flexibility index (Phi) is 5.94. The number of carbonyl (C=O) groups is 2. The number of hydrogen-bond donors (Lipinski definition) is 2. The normalized spacial score (nSPS) is 12.6. The van der Waals surface area contributed by atoms with Gasteiger partial charge in [-0.25, -0.2) is 0 Å². The Labute approximate surface area is 127 Å². The molecule has 0 heterocycles. The SMILES string of the molecule is CCCNC(=O)[C@@H](C)NC(=O)c1ccc(C(C)(C)C)cc1. The molecule has 0 spiro atoms. The van der Waals surface area contributed by atoms with E-state index >= 15 is 0 Å². The number of hydrogen-bond acceptors (Lipinski definition) is 2. The topological polar surface area (TPSA) is 58.2 Å². The first-order valence-electron chi connectivity index (χ1n) is 7.44. The van der Waals surface area contributed by atoms with Gasteiger partial charge in [0.2, 0.25) is 5.91 Å². The van der Waals surface area contributed by atoms with Crippen molar-refractivity contribution in [1.29, 1.82) is 0 Å². The van der Waals surface area contributed by atoms with Crippen molar-refractivity contribution in [3.8, 4) is 0 Å². The molecule has 0 bridgehead atoms. The fourth-order valence-corrected chi connectivity index (χ4v) is 1.87. The van der Waals surface area contributed by atoms with E-state index in [1.54, 1.807) is 19.1 Å². The van der Waals surface area contributed by atoms with Crippen molar-refractivity contribution in [2.24, 2.45) is 0 Å². The van der Waals surface area contributed by atoms with E-state index in [0.717, 1.165) is 6.42 Å². The maximum atomic E-state index is 12.1. The molecule has 1 atom stereocenters. The second-order valence-electron chi connectivity index (χ2n) is 6.31. The minimum absolute atomic E-state index is 0.0579. The van der Waals surface area contributed by atoms with Crippen LogP contribution in [0.5, 0.6) is 0 Å². The van der Waals surface area contributed by atoms with Crippen molar-refractivity contribution in [3.63, 3.8) is 0 Å². The van der Waals surface area contributed by atoms with Gasteiger partial charge in [0, 0.05) is 12.1 Å². The highest BCUT2D eigenvalue weighted by atomic mass is 16.2. The Morgan fingerprint density at radius 3 is 2.19 bits per heavy atom. The van der Waals surface area contributed by atoms with Gasteiger partial charge >= 0.3 is 0 Å². The van der Waals surface area contributed by atoms with Crippen LogP contribution in [0.3, 0.4) is 0 Å². The van der Waals surface area contributed by atoms with Gasteiger partial charge < -0.3 is 10.6 Å². The van der Waals surface area contributed by atoms with E-state index in [4.69, 9.17) is 0 Å². The minimum Gasteiger partial charge on any atom is -0.354 e. The molecule has 2 amide bonds. The van der Waals surface area contributed by atoms with Gasteiger partial charge in [0.05, 0.1) is 0 Å². The smallest absolute Gasteiger partial charge is 0.251 e. The Bertz CT molecular complexity index is 487. The van der Waals surface area contributed by atoms with Gasteiger partial charge in [0.25, 0.3) is 5.91 Å². The highest BCUT2D eigenvalue weighted by Crippen LogP contribution is 2.22. The van der Waals surface area contributed by atoms with Crippen molar-refractivity contribution < 1.29 is 9.59 Å². The first-order valence-corrected chi connectivity index (χ1v) is 7.44. The third-order valence-electron chi connectivity index (χ3n) is 3.30. The predicted molar refractivity (Wildman–Crippen MR) is 85.4 cm³/mol. The molecule has 1 aromatic carbocycles. The van der Waals surface area contributed by atoms with Crippen LogP contribution in [-0.4, -0.2) is 24.4 Å². The number of amides is 2. The van der Waals surface area contributed by atoms with Crippen LogP contribution in [0.2, 0.25) is 0 Å². The molecule has 21 heavy (non-hydrogen) atoms. The van der Waals surface area contributed by atoms with Crippen LogP contribution in [0.1, 0.15) is 57.0 Å². The van der Waals surface area contributed by atoms with Gasteiger partial charge in [-0.1, -0.05) is 39.8 Å². The second-order valence-corrected chi connectivity index (χ2v) is 6.31. The second kappa shape index (κ2) is 7.25. The van der Waals surface area contributed by atoms with Gasteiger partial charge in [-0.3, -0.25) is 9.59 Å². The van der Waals surface area contributed by atoms with E-state index in [1.807, 2.05) is 19.1 Å². The van der Waals surface area contributed by atoms with Crippen LogP contribution < -0.4 is 10.6 Å². The predicted octanol–water partition coefficient (Wildman–Crippen LogP) is 2.63. The standard InChI is InChI=1S/C17H26N2O2/c1-6-11-18-15(20)12(2)19-16(21)13-7-9-14(10-8-13)17(3,4)5/h7-10,12H,6,11H2,1-5H3,(H,18,20)(H,19,21)/t12-/m1/s1. The van der Waals surface area contributed by atoms with E-state index in [9.17, 15) is 9.59 Å². The van der Waals surface area contributed by atoms with Gasteiger partial charge in [-0.2, -0.15) is 0 Å². The van der Waals surface area contributed by atoms with Crippen LogP contribution in [-0.2, 0) is 10.2 Å². The summed E-state index contributed by atoms with van der Waals surface area (Å²) in [4.78, 5) is 23.8. The highest BCUT2D eigenvalue weighted by molar-refractivity contribution is 5.97. The molecule has 1 aromatic rings. The molecule has 0 aliphatic rings. The van der Waals surface area contributed by atoms with Crippen LogP contribution in [0, 0.1) is 0 Å². The van der Waals surface area contributed by atoms with E-state index in [-0.39, 0.29) is 17.2 Å². The summed E-state index contributed by atoms with van der Waals surface area (Å²) in [6.07, 6.45) is 0.876. The molecule has 116 valence electrons. The third kappa shape index (κ3) is 5.21. The summed E-state index contributed by atoms with van der Waals surface area (Å²) in [7, 11) is 0. The lowest BCUT2D eigenvalue weighted by molar-refractivity contribution is -0.122. The lowest BCUT2D eigenvalue weighted by atomic mass is 9.86. The fraction of sp³-hybridized carbons (Fsp3) is 0.529. The van der Waals surface area contributed by atoms with Gasteiger partial charge in [0.1, 0.15) is 6.04 Å². The summed E-state index contributed by atoms with van der Waals surface area (Å²) in [5.74, 6) is -0.383. The molecule has 0 unspecified atom stereocenters. The average Bonchev–Trinajstić information content (AvgIpc) is 2.43. The van der Waals surface area contributed by atoms with E-state index < -0.39 is 6.04 Å². The van der Waals surface area contributed by atoms with Crippen LogP contribution in [0.15, 0.2) is 24.3 Å². The number of nitrogens with one attached hydrogen (secondary N) is 2. The zero-order valence-corrected chi connectivity index (χ0v) is 13.6. The minimum atomic E-state index is -0.536. The van der Waals surface area contributed by atoms with Gasteiger partial charge in [-0.05, 0) is 36.5 Å². The van der Waals surface area contributed by atoms with Gasteiger partial charge in [0.15, 0.2) is 0 Å². The fourth-order valence-electron chi connectivity index (χ4n) is 1.87. The summed E-state index contributed by atoms with van der Waals surface area (Å²) in [5, 5.41) is 5.48. The van der Waals surface area contributed by atoms with Crippen molar-refractivity contribution in [2.45, 2.75) is 52.5 Å². The summed E-state index contributed by atoms with van der Waals surface area (Å²) in [6.45, 7) is 10.7. The maximum absolute atomic E-state index is 12.1. The molecule has 0 aliphatic heterocycles. The Morgan fingerprint density at radius 2 is 1.71 bits per heavy atom. The molecule has 0 saturated carbocycles. The van der Waals surface area contributed by atoms with Crippen LogP contribution >= 0.6 is 0 Å². The molecule has 0 radical (unpaired) electrons. The van der Waals surface area contributed by atoms with Crippen LogP contribution in [0.4, 0.5) is 0 Å². The molecular formula is C17H26N2O2. The van der Waals surface area contributed by atoms with Gasteiger partial charge in [-0.15, -0.1) is 0 Å². The van der Waals surface area contributed by atoms with E-state index in [0.29, 0.717) is 12.1 Å². The molecule has 0 fully saturated rings. The highest BCUT2D eigenvalue weighted by Gasteiger charge is 2.17. The van der Waals surface area contributed by atoms with Crippen molar-refractivity contribution in [2.75, 3.05) is 6.54 Å². The summed E-state index contributed by atoms with van der Waals surface area (Å²) in [5.41, 5.74) is 1.80. The zero-order chi connectivity index (χ0) is 16.0. The van der Waals surface area contributed by atoms with Crippen LogP contribution in [0.25, 0.3) is 0 Å². The summed E-state index contributed by atoms with van der Waals surface area (Å²) in [6, 6.07) is 6.97. The molecule has 2 N–H and O–H groups in total. The molecule has 0 saturated heterocycles. The zero-order valence-electron chi connectivity index (χ0n) is 13.6. The first kappa shape index (κ1) is 17.2. The first-order chi connectivity index (χ1) is 9.75. The molecule has 0 aliphatic carbocycles. The van der Waals surface area contributed by atoms with E-state index in [2.05, 4.69) is 31.4 Å². The van der Waals surface area contributed by atoms with Crippen molar-refractivity contribution in [3.05, 3.63) is 35.4 Å². The largest absolute Gasteiger partial charge is 0.354 e. The van der Waals surface area contributed by atoms with Crippen molar-refractivity contribution >= 4 is 11.8 Å². The summed E-state index contributed by atoms with van der Waals surface area (Å²) >= 11 is 0. The lowest BCUT2D eigenvalue weighted by Crippen LogP contribution is -2.45. The molecule has 4 heteroatoms. The number of carbonyl (C=O) groups excluding carboxylic acids is 2. The molecule has 0 aromatic heterocycles. The monoisotopic (exact) mass is 290 g/mol. The quantitative estimate of drug-likeness (QED) is 0.876. The third-order valence-corrected chi connectivity index (χ3v) is 3.30. The molecule has 1 rings (SSSR count). The van der Waals surface area contributed by atoms with Crippen molar-refractivity contribution in [1.82, 2.24) is 10.6 Å². The lowest BCUT2D eigenvalue weighted by Gasteiger charge is -2.19. The van der Waals surface area contributed by atoms with E-state index in [1.165, 1.54) is 5.56 Å². The summed E-state index contributed by atoms with van der Waals surface area (Å²) < 4.78 is 0. The Balaban J connectivity index is 2.65. The molecular weight excluding hydrogens is 264 g/mol. The Hall–Kier alpha value is -1.84. The number of rotatable bonds is 5. The molecule has 4 nitrogen and oxygen atoms in total. The maximum Gasteiger partial charge on any atom is 0.251 e. The number of benzene rings is 1. The average molecular weight is 290 g/mol.